The van der Waals surface area contributed by atoms with E-state index in [9.17, 15) is 0 Å². The molecule has 1 atom stereocenters. The highest BCUT2D eigenvalue weighted by atomic mass is 16.5. The van der Waals surface area contributed by atoms with Crippen LogP contribution in [0.25, 0.3) is 22.3 Å². The summed E-state index contributed by atoms with van der Waals surface area (Å²) in [7, 11) is 5.26. The molecule has 3 aromatic carbocycles. The summed E-state index contributed by atoms with van der Waals surface area (Å²) in [6, 6.07) is 23.5. The van der Waals surface area contributed by atoms with Gasteiger partial charge in [0.2, 0.25) is 0 Å². The summed E-state index contributed by atoms with van der Waals surface area (Å²) in [5, 5.41) is 4.58. The monoisotopic (exact) mass is 451 g/mol. The number of anilines is 1. The number of aryl methyl sites for hydroxylation is 1. The first-order valence-electron chi connectivity index (χ1n) is 10.9. The molecule has 0 saturated carbocycles. The molecular formula is C27H25N5O2. The number of nitrogens with zero attached hydrogens (tertiary/aromatic N) is 4. The number of hydrogen-bond acceptors (Lipinski definition) is 6. The van der Waals surface area contributed by atoms with E-state index < -0.39 is 0 Å². The van der Waals surface area contributed by atoms with Crippen LogP contribution in [0.15, 0.2) is 85.2 Å². The smallest absolute Gasteiger partial charge is 0.162 e. The number of imidazole rings is 1. The summed E-state index contributed by atoms with van der Waals surface area (Å²) in [4.78, 5) is 14.4. The molecular weight excluding hydrogens is 426 g/mol. The standard InChI is InChI=1S/C27H25N5O2/c1-32-14-13-28-27(32)24(19-15-20(33-2)17-21(16-19)34-3)30-26-22-11-7-8-12-23(22)29-25(31-26)18-9-5-4-6-10-18/h4-17,24H,1-3H3,(H,29,30,31). The number of para-hydroxylation sites is 1. The second-order valence-electron chi connectivity index (χ2n) is 7.90. The average molecular weight is 452 g/mol. The minimum absolute atomic E-state index is 0.314. The molecule has 2 aromatic heterocycles. The van der Waals surface area contributed by atoms with E-state index in [4.69, 9.17) is 19.4 Å². The van der Waals surface area contributed by atoms with Crippen molar-refractivity contribution in [1.82, 2.24) is 19.5 Å². The van der Waals surface area contributed by atoms with Crippen LogP contribution in [0.3, 0.4) is 0 Å². The zero-order valence-electron chi connectivity index (χ0n) is 19.3. The van der Waals surface area contributed by atoms with Gasteiger partial charge in [-0.15, -0.1) is 0 Å². The van der Waals surface area contributed by atoms with Gasteiger partial charge < -0.3 is 19.4 Å². The molecule has 0 fully saturated rings. The van der Waals surface area contributed by atoms with Gasteiger partial charge in [-0.1, -0.05) is 42.5 Å². The molecule has 5 aromatic rings. The van der Waals surface area contributed by atoms with Gasteiger partial charge in [0.25, 0.3) is 0 Å². The summed E-state index contributed by atoms with van der Waals surface area (Å²) in [5.74, 6) is 3.61. The number of nitrogens with one attached hydrogen (secondary N) is 1. The molecule has 0 bridgehead atoms. The first-order chi connectivity index (χ1) is 16.7. The van der Waals surface area contributed by atoms with Crippen molar-refractivity contribution in [1.29, 1.82) is 0 Å². The predicted molar refractivity (Wildman–Crippen MR) is 133 cm³/mol. The number of methoxy groups -OCH3 is 2. The Hall–Kier alpha value is -4.39. The van der Waals surface area contributed by atoms with E-state index in [2.05, 4.69) is 10.3 Å². The van der Waals surface area contributed by atoms with Gasteiger partial charge in [-0.05, 0) is 29.8 Å². The molecule has 0 radical (unpaired) electrons. The number of benzene rings is 3. The number of rotatable bonds is 7. The highest BCUT2D eigenvalue weighted by molar-refractivity contribution is 5.90. The fraction of sp³-hybridized carbons (Fsp3) is 0.148. The SMILES string of the molecule is COc1cc(OC)cc(C(Nc2nc(-c3ccccc3)nc3ccccc23)c2nccn2C)c1. The molecule has 7 heteroatoms. The van der Waals surface area contributed by atoms with Gasteiger partial charge in [0.1, 0.15) is 29.2 Å². The maximum atomic E-state index is 5.53. The molecule has 0 aliphatic rings. The van der Waals surface area contributed by atoms with Crippen LogP contribution in [-0.2, 0) is 7.05 Å². The van der Waals surface area contributed by atoms with Gasteiger partial charge in [-0.25, -0.2) is 15.0 Å². The molecule has 0 aliphatic heterocycles. The van der Waals surface area contributed by atoms with Gasteiger partial charge in [-0.2, -0.15) is 0 Å². The van der Waals surface area contributed by atoms with E-state index in [0.29, 0.717) is 17.3 Å². The molecule has 0 aliphatic carbocycles. The van der Waals surface area contributed by atoms with E-state index in [1.54, 1.807) is 20.4 Å². The number of fused-ring (bicyclic) bond motifs is 1. The number of aromatic nitrogens is 4. The van der Waals surface area contributed by atoms with E-state index in [-0.39, 0.29) is 6.04 Å². The first kappa shape index (κ1) is 21.5. The van der Waals surface area contributed by atoms with E-state index >= 15 is 0 Å². The third-order valence-corrected chi connectivity index (χ3v) is 5.74. The Morgan fingerprint density at radius 2 is 1.56 bits per heavy atom. The Morgan fingerprint density at radius 1 is 0.853 bits per heavy atom. The summed E-state index contributed by atoms with van der Waals surface area (Å²) in [5.41, 5.74) is 2.75. The number of hydrogen-bond donors (Lipinski definition) is 1. The second-order valence-corrected chi connectivity index (χ2v) is 7.90. The maximum absolute atomic E-state index is 5.53. The molecule has 0 amide bonds. The molecule has 34 heavy (non-hydrogen) atoms. The highest BCUT2D eigenvalue weighted by Gasteiger charge is 2.22. The average Bonchev–Trinajstić information content (AvgIpc) is 3.32. The van der Waals surface area contributed by atoms with Gasteiger partial charge in [0.15, 0.2) is 5.82 Å². The zero-order valence-corrected chi connectivity index (χ0v) is 19.3. The van der Waals surface area contributed by atoms with Gasteiger partial charge in [0, 0.05) is 36.5 Å². The van der Waals surface area contributed by atoms with Crippen LogP contribution in [-0.4, -0.2) is 33.7 Å². The first-order valence-corrected chi connectivity index (χ1v) is 10.9. The fourth-order valence-electron chi connectivity index (χ4n) is 3.99. The van der Waals surface area contributed by atoms with Gasteiger partial charge in [-0.3, -0.25) is 0 Å². The molecule has 7 nitrogen and oxygen atoms in total. The molecule has 0 spiro atoms. The summed E-state index contributed by atoms with van der Waals surface area (Å²) < 4.78 is 13.1. The molecule has 0 saturated heterocycles. The molecule has 170 valence electrons. The quantitative estimate of drug-likeness (QED) is 0.364. The van der Waals surface area contributed by atoms with E-state index in [1.165, 1.54) is 0 Å². The Balaban J connectivity index is 1.68. The normalized spacial score (nSPS) is 11.9. The lowest BCUT2D eigenvalue weighted by Crippen LogP contribution is -2.18. The van der Waals surface area contributed by atoms with Crippen molar-refractivity contribution in [2.45, 2.75) is 6.04 Å². The van der Waals surface area contributed by atoms with Crippen LogP contribution in [0.1, 0.15) is 17.4 Å². The molecule has 5 rings (SSSR count). The Labute approximate surface area is 198 Å². The van der Waals surface area contributed by atoms with Crippen LogP contribution < -0.4 is 14.8 Å². The van der Waals surface area contributed by atoms with Crippen molar-refractivity contribution in [3.63, 3.8) is 0 Å². The van der Waals surface area contributed by atoms with Crippen LogP contribution in [0.5, 0.6) is 11.5 Å². The maximum Gasteiger partial charge on any atom is 0.162 e. The molecule has 1 N–H and O–H groups in total. The van der Waals surface area contributed by atoms with Crippen molar-refractivity contribution in [3.8, 4) is 22.9 Å². The van der Waals surface area contributed by atoms with Crippen LogP contribution in [0.2, 0.25) is 0 Å². The second kappa shape index (κ2) is 9.23. The lowest BCUT2D eigenvalue weighted by molar-refractivity contribution is 0.393. The Bertz CT molecular complexity index is 1410. The van der Waals surface area contributed by atoms with Crippen molar-refractivity contribution >= 4 is 16.7 Å². The Kier molecular flexibility index (Phi) is 5.82. The minimum atomic E-state index is -0.314. The molecule has 1 unspecified atom stereocenters. The van der Waals surface area contributed by atoms with Crippen molar-refractivity contribution in [2.75, 3.05) is 19.5 Å². The van der Waals surface area contributed by atoms with Gasteiger partial charge >= 0.3 is 0 Å². The van der Waals surface area contributed by atoms with Crippen molar-refractivity contribution < 1.29 is 9.47 Å². The lowest BCUT2D eigenvalue weighted by atomic mass is 10.0. The summed E-state index contributed by atoms with van der Waals surface area (Å²) >= 11 is 0. The van der Waals surface area contributed by atoms with Crippen LogP contribution in [0.4, 0.5) is 5.82 Å². The topological polar surface area (TPSA) is 74.1 Å². The minimum Gasteiger partial charge on any atom is -0.497 e. The predicted octanol–water partition coefficient (Wildman–Crippen LogP) is 5.25. The summed E-state index contributed by atoms with van der Waals surface area (Å²) in [6.45, 7) is 0. The highest BCUT2D eigenvalue weighted by Crippen LogP contribution is 2.34. The zero-order chi connectivity index (χ0) is 23.5. The Morgan fingerprint density at radius 3 is 2.24 bits per heavy atom. The number of ether oxygens (including phenoxy) is 2. The lowest BCUT2D eigenvalue weighted by Gasteiger charge is -2.22. The van der Waals surface area contributed by atoms with Crippen LogP contribution >= 0.6 is 0 Å². The van der Waals surface area contributed by atoms with Gasteiger partial charge in [0.05, 0.1) is 19.7 Å². The van der Waals surface area contributed by atoms with Crippen molar-refractivity contribution in [2.24, 2.45) is 7.05 Å². The summed E-state index contributed by atoms with van der Waals surface area (Å²) in [6.07, 6.45) is 3.71. The van der Waals surface area contributed by atoms with E-state index in [1.807, 2.05) is 90.6 Å². The largest absolute Gasteiger partial charge is 0.497 e. The third kappa shape index (κ3) is 4.15. The third-order valence-electron chi connectivity index (χ3n) is 5.74. The fourth-order valence-corrected chi connectivity index (χ4v) is 3.99. The molecule has 2 heterocycles. The van der Waals surface area contributed by atoms with Crippen LogP contribution in [0, 0.1) is 0 Å². The van der Waals surface area contributed by atoms with E-state index in [0.717, 1.165) is 33.7 Å². The van der Waals surface area contributed by atoms with Crippen molar-refractivity contribution in [3.05, 3.63) is 96.6 Å².